The lowest BCUT2D eigenvalue weighted by Gasteiger charge is -2.21. The number of aliphatic hydroxyl groups is 3. The minimum Gasteiger partial charge on any atom is -0.480 e. The fourth-order valence-electron chi connectivity index (χ4n) is 2.01. The molecule has 19 heavy (non-hydrogen) atoms. The minimum absolute atomic E-state index is 0.346. The molecule has 1 fully saturated rings. The summed E-state index contributed by atoms with van der Waals surface area (Å²) in [7, 11) is 0. The highest BCUT2D eigenvalue weighted by molar-refractivity contribution is 5.73. The highest BCUT2D eigenvalue weighted by Gasteiger charge is 2.43. The average Bonchev–Trinajstić information content (AvgIpc) is 2.65. The summed E-state index contributed by atoms with van der Waals surface area (Å²) in [6, 6.07) is -0.893. The van der Waals surface area contributed by atoms with Crippen molar-refractivity contribution < 1.29 is 30.0 Å². The molecular formula is C11H22N2O6. The number of rotatable bonds is 8. The molecule has 112 valence electrons. The van der Waals surface area contributed by atoms with Crippen molar-refractivity contribution >= 4 is 5.97 Å². The van der Waals surface area contributed by atoms with Gasteiger partial charge in [-0.25, -0.2) is 0 Å². The Morgan fingerprint density at radius 2 is 2.00 bits per heavy atom. The summed E-state index contributed by atoms with van der Waals surface area (Å²) < 4.78 is 5.17. The maximum atomic E-state index is 11.1. The van der Waals surface area contributed by atoms with E-state index in [9.17, 15) is 15.0 Å². The van der Waals surface area contributed by atoms with Gasteiger partial charge in [-0.15, -0.1) is 0 Å². The number of unbranched alkanes of at least 4 members (excludes halogenated alkanes) is 1. The first kappa shape index (κ1) is 16.3. The fraction of sp³-hybridized carbons (Fsp3) is 0.909. The number of carboxylic acids is 1. The summed E-state index contributed by atoms with van der Waals surface area (Å²) in [5, 5.41) is 39.9. The summed E-state index contributed by atoms with van der Waals surface area (Å²) in [5.41, 5.74) is 5.34. The topological polar surface area (TPSA) is 145 Å². The van der Waals surface area contributed by atoms with Gasteiger partial charge in [-0.3, -0.25) is 10.1 Å². The van der Waals surface area contributed by atoms with Crippen molar-refractivity contribution in [3.05, 3.63) is 0 Å². The molecule has 0 aliphatic carbocycles. The van der Waals surface area contributed by atoms with E-state index in [0.717, 1.165) is 0 Å². The van der Waals surface area contributed by atoms with Crippen LogP contribution in [0.5, 0.6) is 0 Å². The van der Waals surface area contributed by atoms with Gasteiger partial charge in [0.05, 0.1) is 6.61 Å². The molecule has 8 heteroatoms. The highest BCUT2D eigenvalue weighted by atomic mass is 16.6. The largest absolute Gasteiger partial charge is 0.480 e. The summed E-state index contributed by atoms with van der Waals surface area (Å²) in [4.78, 5) is 11.1. The Balaban J connectivity index is 2.52. The van der Waals surface area contributed by atoms with E-state index in [4.69, 9.17) is 20.7 Å². The summed E-state index contributed by atoms with van der Waals surface area (Å²) in [5.74, 6) is -1.06. The number of aliphatic hydroxyl groups excluding tert-OH is 3. The first-order chi connectivity index (χ1) is 9.01. The molecule has 0 saturated carbocycles. The molecule has 1 unspecified atom stereocenters. The molecule has 0 aromatic rings. The van der Waals surface area contributed by atoms with Crippen LogP contribution in [0.2, 0.25) is 0 Å². The molecule has 1 heterocycles. The summed E-state index contributed by atoms with van der Waals surface area (Å²) >= 11 is 0. The fourth-order valence-corrected chi connectivity index (χ4v) is 2.01. The van der Waals surface area contributed by atoms with E-state index in [1.54, 1.807) is 0 Å². The van der Waals surface area contributed by atoms with E-state index in [1.807, 2.05) is 0 Å². The van der Waals surface area contributed by atoms with Crippen LogP contribution in [0.1, 0.15) is 19.3 Å². The van der Waals surface area contributed by atoms with E-state index in [2.05, 4.69) is 5.32 Å². The molecule has 7 N–H and O–H groups in total. The number of hydrogen-bond acceptors (Lipinski definition) is 7. The zero-order valence-corrected chi connectivity index (χ0v) is 10.6. The second kappa shape index (κ2) is 7.73. The number of nitrogens with two attached hydrogens (primary N) is 1. The zero-order valence-electron chi connectivity index (χ0n) is 10.6. The number of carbonyl (C=O) groups is 1. The van der Waals surface area contributed by atoms with Gasteiger partial charge < -0.3 is 30.9 Å². The van der Waals surface area contributed by atoms with Crippen molar-refractivity contribution in [3.8, 4) is 0 Å². The van der Waals surface area contributed by atoms with Crippen molar-refractivity contribution in [2.45, 2.75) is 49.8 Å². The smallest absolute Gasteiger partial charge is 0.320 e. The quantitative estimate of drug-likeness (QED) is 0.269. The standard InChI is InChI=1S/C11H22N2O6/c12-4-2-1-3-6(11(17)18)13-10-9(16)8(15)7(5-14)19-10/h6-10,13-16H,1-5,12H2,(H,17,18)/t6-,7+,8+,9+,10?/m0/s1. The Labute approximate surface area is 111 Å². The van der Waals surface area contributed by atoms with E-state index in [1.165, 1.54) is 0 Å². The third-order valence-corrected chi connectivity index (χ3v) is 3.15. The predicted molar refractivity (Wildman–Crippen MR) is 65.2 cm³/mol. The lowest BCUT2D eigenvalue weighted by atomic mass is 10.1. The van der Waals surface area contributed by atoms with Crippen LogP contribution < -0.4 is 11.1 Å². The number of aliphatic carboxylic acids is 1. The van der Waals surface area contributed by atoms with E-state index < -0.39 is 43.2 Å². The Bertz CT molecular complexity index is 290. The number of hydrogen-bond donors (Lipinski definition) is 6. The molecule has 5 atom stereocenters. The number of carboxylic acid groups (broad SMARTS) is 1. The van der Waals surface area contributed by atoms with E-state index >= 15 is 0 Å². The van der Waals surface area contributed by atoms with Crippen LogP contribution in [0.4, 0.5) is 0 Å². The Hall–Kier alpha value is -0.770. The van der Waals surface area contributed by atoms with Crippen LogP contribution in [0.15, 0.2) is 0 Å². The maximum Gasteiger partial charge on any atom is 0.320 e. The van der Waals surface area contributed by atoms with Gasteiger partial charge in [0.1, 0.15) is 30.6 Å². The van der Waals surface area contributed by atoms with Gasteiger partial charge >= 0.3 is 5.97 Å². The van der Waals surface area contributed by atoms with E-state index in [-0.39, 0.29) is 0 Å². The minimum atomic E-state index is -1.27. The molecule has 0 spiro atoms. The van der Waals surface area contributed by atoms with Crippen LogP contribution in [-0.2, 0) is 9.53 Å². The summed E-state index contributed by atoms with van der Waals surface area (Å²) in [6.45, 7) is 0.0432. The third-order valence-electron chi connectivity index (χ3n) is 3.15. The number of nitrogens with one attached hydrogen (secondary N) is 1. The second-order valence-electron chi connectivity index (χ2n) is 4.60. The van der Waals surface area contributed by atoms with Crippen molar-refractivity contribution in [2.24, 2.45) is 5.73 Å². The average molecular weight is 278 g/mol. The molecule has 0 radical (unpaired) electrons. The first-order valence-electron chi connectivity index (χ1n) is 6.32. The van der Waals surface area contributed by atoms with Crippen molar-refractivity contribution in [1.29, 1.82) is 0 Å². The molecule has 1 saturated heterocycles. The molecule has 1 aliphatic heterocycles. The SMILES string of the molecule is NCCCC[C@H](NC1O[C@H](CO)[C@@H](O)[C@H]1O)C(=O)O. The predicted octanol–water partition coefficient (Wildman–Crippen LogP) is -2.40. The van der Waals surface area contributed by atoms with Gasteiger partial charge in [-0.2, -0.15) is 0 Å². The highest BCUT2D eigenvalue weighted by Crippen LogP contribution is 2.20. The number of ether oxygens (including phenoxy) is 1. The molecule has 0 bridgehead atoms. The van der Waals surface area contributed by atoms with Gasteiger partial charge in [-0.05, 0) is 19.4 Å². The monoisotopic (exact) mass is 278 g/mol. The zero-order chi connectivity index (χ0) is 14.4. The van der Waals surface area contributed by atoms with Crippen LogP contribution in [0, 0.1) is 0 Å². The molecular weight excluding hydrogens is 256 g/mol. The van der Waals surface area contributed by atoms with Gasteiger partial charge in [0, 0.05) is 0 Å². The molecule has 0 aromatic carbocycles. The third kappa shape index (κ3) is 4.37. The Kier molecular flexibility index (Phi) is 6.63. The van der Waals surface area contributed by atoms with Gasteiger partial charge in [-0.1, -0.05) is 6.42 Å². The van der Waals surface area contributed by atoms with Crippen LogP contribution in [0.25, 0.3) is 0 Å². The lowest BCUT2D eigenvalue weighted by molar-refractivity contribution is -0.141. The van der Waals surface area contributed by atoms with E-state index in [0.29, 0.717) is 25.8 Å². The molecule has 1 aliphatic rings. The van der Waals surface area contributed by atoms with Crippen molar-refractivity contribution in [2.75, 3.05) is 13.2 Å². The molecule has 0 amide bonds. The van der Waals surface area contributed by atoms with Crippen molar-refractivity contribution in [3.63, 3.8) is 0 Å². The van der Waals surface area contributed by atoms with Gasteiger partial charge in [0.2, 0.25) is 0 Å². The maximum absolute atomic E-state index is 11.1. The van der Waals surface area contributed by atoms with Gasteiger partial charge in [0.15, 0.2) is 0 Å². The normalized spacial score (nSPS) is 32.4. The second-order valence-corrected chi connectivity index (χ2v) is 4.60. The summed E-state index contributed by atoms with van der Waals surface area (Å²) in [6.07, 6.45) is -2.73. The molecule has 1 rings (SSSR count). The Morgan fingerprint density at radius 1 is 1.32 bits per heavy atom. The molecule has 0 aromatic heterocycles. The Morgan fingerprint density at radius 3 is 2.47 bits per heavy atom. The van der Waals surface area contributed by atoms with Crippen molar-refractivity contribution in [1.82, 2.24) is 5.32 Å². The lowest BCUT2D eigenvalue weighted by Crippen LogP contribution is -2.49. The van der Waals surface area contributed by atoms with Crippen LogP contribution >= 0.6 is 0 Å². The van der Waals surface area contributed by atoms with Crippen LogP contribution in [-0.4, -0.2) is 70.1 Å². The van der Waals surface area contributed by atoms with Gasteiger partial charge in [0.25, 0.3) is 0 Å². The van der Waals surface area contributed by atoms with Crippen LogP contribution in [0.3, 0.4) is 0 Å². The molecule has 8 nitrogen and oxygen atoms in total. The first-order valence-corrected chi connectivity index (χ1v) is 6.32.